The van der Waals surface area contributed by atoms with Gasteiger partial charge in [-0.05, 0) is 37.7 Å². The summed E-state index contributed by atoms with van der Waals surface area (Å²) in [5.41, 5.74) is 1.21. The molecule has 25 heavy (non-hydrogen) atoms. The van der Waals surface area contributed by atoms with Crippen LogP contribution in [0.3, 0.4) is 0 Å². The van der Waals surface area contributed by atoms with Gasteiger partial charge in [-0.25, -0.2) is 0 Å². The van der Waals surface area contributed by atoms with Crippen LogP contribution in [0.1, 0.15) is 50.5 Å². The number of hydrogen-bond donors (Lipinski definition) is 0. The Kier molecular flexibility index (Phi) is 6.48. The van der Waals surface area contributed by atoms with Gasteiger partial charge in [0.1, 0.15) is 0 Å². The molecule has 0 saturated carbocycles. The minimum Gasteiger partial charge on any atom is -0.343 e. The lowest BCUT2D eigenvalue weighted by molar-refractivity contribution is -0.140. The summed E-state index contributed by atoms with van der Waals surface area (Å²) in [5.74, 6) is 0.680. The molecule has 0 radical (unpaired) electrons. The van der Waals surface area contributed by atoms with E-state index in [1.165, 1.54) is 18.4 Å². The normalized spacial score (nSPS) is 19.5. The summed E-state index contributed by atoms with van der Waals surface area (Å²) in [6.07, 6.45) is 7.79. The van der Waals surface area contributed by atoms with E-state index < -0.39 is 0 Å². The number of aryl methyl sites for hydroxylation is 1. The van der Waals surface area contributed by atoms with Crippen LogP contribution in [0.25, 0.3) is 0 Å². The number of amides is 2. The van der Waals surface area contributed by atoms with Crippen molar-refractivity contribution in [3.63, 3.8) is 0 Å². The molecular formula is C21H30N2O2. The Labute approximate surface area is 151 Å². The molecule has 1 aromatic carbocycles. The number of rotatable bonds is 4. The maximum Gasteiger partial charge on any atom is 0.225 e. The predicted molar refractivity (Wildman–Crippen MR) is 99.1 cm³/mol. The lowest BCUT2D eigenvalue weighted by atomic mass is 9.94. The van der Waals surface area contributed by atoms with Gasteiger partial charge in [0.05, 0.1) is 0 Å². The van der Waals surface area contributed by atoms with E-state index in [-0.39, 0.29) is 11.8 Å². The van der Waals surface area contributed by atoms with E-state index in [2.05, 4.69) is 17.0 Å². The monoisotopic (exact) mass is 342 g/mol. The van der Waals surface area contributed by atoms with Crippen LogP contribution in [0.2, 0.25) is 0 Å². The standard InChI is InChI=1S/C21H30N2O2/c24-20(11-10-18-8-4-3-5-9-18)22-16-12-19(13-17-22)21(25)23-14-6-1-2-7-15-23/h3-5,8-9,19H,1-2,6-7,10-17H2. The molecule has 2 saturated heterocycles. The highest BCUT2D eigenvalue weighted by atomic mass is 16.2. The smallest absolute Gasteiger partial charge is 0.225 e. The molecule has 2 aliphatic heterocycles. The third-order valence-electron chi connectivity index (χ3n) is 5.59. The number of likely N-dealkylation sites (tertiary alicyclic amines) is 2. The van der Waals surface area contributed by atoms with Crippen LogP contribution < -0.4 is 0 Å². The summed E-state index contributed by atoms with van der Waals surface area (Å²) < 4.78 is 0. The maximum absolute atomic E-state index is 12.7. The first-order chi connectivity index (χ1) is 12.2. The van der Waals surface area contributed by atoms with Crippen LogP contribution in [0.4, 0.5) is 0 Å². The molecule has 0 unspecified atom stereocenters. The Hall–Kier alpha value is -1.84. The summed E-state index contributed by atoms with van der Waals surface area (Å²) in [6, 6.07) is 10.2. The number of carbonyl (C=O) groups is 2. The third kappa shape index (κ3) is 5.07. The molecule has 0 atom stereocenters. The Morgan fingerprint density at radius 2 is 1.48 bits per heavy atom. The van der Waals surface area contributed by atoms with Crippen LogP contribution in [0, 0.1) is 5.92 Å². The molecule has 0 aromatic heterocycles. The highest BCUT2D eigenvalue weighted by Crippen LogP contribution is 2.22. The van der Waals surface area contributed by atoms with Gasteiger partial charge in [-0.15, -0.1) is 0 Å². The first-order valence-electron chi connectivity index (χ1n) is 9.84. The molecule has 0 N–H and O–H groups in total. The molecule has 2 heterocycles. The second kappa shape index (κ2) is 9.02. The van der Waals surface area contributed by atoms with Crippen molar-refractivity contribution in [2.24, 2.45) is 5.92 Å². The predicted octanol–water partition coefficient (Wildman–Crippen LogP) is 3.26. The van der Waals surface area contributed by atoms with Gasteiger partial charge in [-0.1, -0.05) is 43.2 Å². The average molecular weight is 342 g/mol. The van der Waals surface area contributed by atoms with E-state index in [0.717, 1.165) is 58.3 Å². The van der Waals surface area contributed by atoms with Crippen molar-refractivity contribution in [1.29, 1.82) is 0 Å². The van der Waals surface area contributed by atoms with E-state index in [1.54, 1.807) is 0 Å². The van der Waals surface area contributed by atoms with E-state index in [9.17, 15) is 9.59 Å². The van der Waals surface area contributed by atoms with Gasteiger partial charge in [0.25, 0.3) is 0 Å². The summed E-state index contributed by atoms with van der Waals surface area (Å²) in [7, 11) is 0. The van der Waals surface area contributed by atoms with Gasteiger partial charge in [0, 0.05) is 38.5 Å². The molecule has 4 nitrogen and oxygen atoms in total. The number of piperidine rings is 1. The minimum absolute atomic E-state index is 0.122. The Morgan fingerprint density at radius 1 is 0.840 bits per heavy atom. The zero-order valence-electron chi connectivity index (χ0n) is 15.2. The highest BCUT2D eigenvalue weighted by Gasteiger charge is 2.30. The van der Waals surface area contributed by atoms with Crippen LogP contribution in [0.15, 0.2) is 30.3 Å². The van der Waals surface area contributed by atoms with Crippen molar-refractivity contribution in [3.05, 3.63) is 35.9 Å². The average Bonchev–Trinajstić information content (AvgIpc) is 2.96. The fourth-order valence-corrected chi connectivity index (χ4v) is 3.98. The zero-order chi connectivity index (χ0) is 17.5. The number of carbonyl (C=O) groups excluding carboxylic acids is 2. The minimum atomic E-state index is 0.122. The molecule has 2 fully saturated rings. The van der Waals surface area contributed by atoms with Crippen LogP contribution >= 0.6 is 0 Å². The fourth-order valence-electron chi connectivity index (χ4n) is 3.98. The van der Waals surface area contributed by atoms with Crippen LogP contribution in [0.5, 0.6) is 0 Å². The summed E-state index contributed by atoms with van der Waals surface area (Å²) in [5, 5.41) is 0. The van der Waals surface area contributed by atoms with Gasteiger partial charge in [0.15, 0.2) is 0 Å². The number of benzene rings is 1. The second-order valence-corrected chi connectivity index (χ2v) is 7.38. The number of nitrogens with zero attached hydrogens (tertiary/aromatic N) is 2. The van der Waals surface area contributed by atoms with Gasteiger partial charge < -0.3 is 9.80 Å². The topological polar surface area (TPSA) is 40.6 Å². The molecule has 0 spiro atoms. The molecule has 136 valence electrons. The Balaban J connectivity index is 1.43. The lowest BCUT2D eigenvalue weighted by Crippen LogP contribution is -2.44. The van der Waals surface area contributed by atoms with E-state index >= 15 is 0 Å². The SMILES string of the molecule is O=C(CCc1ccccc1)N1CCC(C(=O)N2CCCCCC2)CC1. The van der Waals surface area contributed by atoms with Crippen molar-refractivity contribution in [2.45, 2.75) is 51.4 Å². The highest BCUT2D eigenvalue weighted by molar-refractivity contribution is 5.80. The fraction of sp³-hybridized carbons (Fsp3) is 0.619. The second-order valence-electron chi connectivity index (χ2n) is 7.38. The Morgan fingerprint density at radius 3 is 2.12 bits per heavy atom. The van der Waals surface area contributed by atoms with Gasteiger partial charge in [-0.3, -0.25) is 9.59 Å². The number of hydrogen-bond acceptors (Lipinski definition) is 2. The van der Waals surface area contributed by atoms with Crippen molar-refractivity contribution >= 4 is 11.8 Å². The van der Waals surface area contributed by atoms with Crippen molar-refractivity contribution in [2.75, 3.05) is 26.2 Å². The van der Waals surface area contributed by atoms with Gasteiger partial charge >= 0.3 is 0 Å². The Bertz CT molecular complexity index is 557. The maximum atomic E-state index is 12.7. The summed E-state index contributed by atoms with van der Waals surface area (Å²) >= 11 is 0. The molecule has 4 heteroatoms. The first kappa shape index (κ1) is 18.0. The molecule has 3 rings (SSSR count). The van der Waals surface area contributed by atoms with Crippen LogP contribution in [-0.4, -0.2) is 47.8 Å². The van der Waals surface area contributed by atoms with E-state index in [0.29, 0.717) is 12.3 Å². The molecule has 2 aliphatic rings. The molecule has 0 aliphatic carbocycles. The van der Waals surface area contributed by atoms with Crippen molar-refractivity contribution in [1.82, 2.24) is 9.80 Å². The van der Waals surface area contributed by atoms with Gasteiger partial charge in [0.2, 0.25) is 11.8 Å². The molecule has 2 amide bonds. The van der Waals surface area contributed by atoms with Crippen molar-refractivity contribution in [3.8, 4) is 0 Å². The third-order valence-corrected chi connectivity index (χ3v) is 5.59. The lowest BCUT2D eigenvalue weighted by Gasteiger charge is -2.34. The molecule has 1 aromatic rings. The van der Waals surface area contributed by atoms with Crippen molar-refractivity contribution < 1.29 is 9.59 Å². The molecular weight excluding hydrogens is 312 g/mol. The molecule has 0 bridgehead atoms. The quantitative estimate of drug-likeness (QED) is 0.843. The first-order valence-corrected chi connectivity index (χ1v) is 9.84. The largest absolute Gasteiger partial charge is 0.343 e. The van der Waals surface area contributed by atoms with Crippen LogP contribution in [-0.2, 0) is 16.0 Å². The zero-order valence-corrected chi connectivity index (χ0v) is 15.2. The van der Waals surface area contributed by atoms with E-state index in [1.807, 2.05) is 23.1 Å². The summed E-state index contributed by atoms with van der Waals surface area (Å²) in [6.45, 7) is 3.32. The van der Waals surface area contributed by atoms with E-state index in [4.69, 9.17) is 0 Å². The summed E-state index contributed by atoms with van der Waals surface area (Å²) in [4.78, 5) is 29.2. The van der Waals surface area contributed by atoms with Gasteiger partial charge in [-0.2, -0.15) is 0 Å².